The standard InChI is InChI=1S/C24H20F2N4O3/c25-24(26)33-22-9-5-4-6-18(22)14-27-15-19-16-29(20-7-2-1-3-8-20)28-23(19)17-10-12-21(13-11-17)30(31)32/h1-13,16,24,27H,14-15H2. The maximum atomic E-state index is 12.7. The van der Waals surface area contributed by atoms with E-state index >= 15 is 0 Å². The van der Waals surface area contributed by atoms with Crippen LogP contribution in [0, 0.1) is 10.1 Å². The Hall–Kier alpha value is -4.11. The summed E-state index contributed by atoms with van der Waals surface area (Å²) in [5.41, 5.74) is 3.70. The average Bonchev–Trinajstić information content (AvgIpc) is 3.25. The molecule has 0 aliphatic heterocycles. The van der Waals surface area contributed by atoms with Gasteiger partial charge in [0.2, 0.25) is 0 Å². The summed E-state index contributed by atoms with van der Waals surface area (Å²) in [6, 6.07) is 22.3. The van der Waals surface area contributed by atoms with Crippen molar-refractivity contribution in [2.24, 2.45) is 0 Å². The third kappa shape index (κ3) is 5.39. The number of hydrogen-bond acceptors (Lipinski definition) is 5. The first-order valence-corrected chi connectivity index (χ1v) is 10.1. The van der Waals surface area contributed by atoms with Gasteiger partial charge in [0.05, 0.1) is 16.3 Å². The van der Waals surface area contributed by atoms with Gasteiger partial charge in [-0.1, -0.05) is 36.4 Å². The first kappa shape index (κ1) is 22.1. The Morgan fingerprint density at radius 1 is 0.939 bits per heavy atom. The number of hydrogen-bond donors (Lipinski definition) is 1. The van der Waals surface area contributed by atoms with Crippen molar-refractivity contribution < 1.29 is 18.4 Å². The van der Waals surface area contributed by atoms with Crippen LogP contribution in [0.25, 0.3) is 16.9 Å². The van der Waals surface area contributed by atoms with Crippen molar-refractivity contribution in [3.8, 4) is 22.7 Å². The van der Waals surface area contributed by atoms with Gasteiger partial charge < -0.3 is 10.1 Å². The Balaban J connectivity index is 1.59. The highest BCUT2D eigenvalue weighted by Crippen LogP contribution is 2.26. The van der Waals surface area contributed by atoms with Gasteiger partial charge in [-0.15, -0.1) is 0 Å². The Bertz CT molecular complexity index is 1230. The molecule has 0 spiro atoms. The lowest BCUT2D eigenvalue weighted by Crippen LogP contribution is -2.14. The largest absolute Gasteiger partial charge is 0.434 e. The van der Waals surface area contributed by atoms with Crippen molar-refractivity contribution in [2.45, 2.75) is 19.7 Å². The van der Waals surface area contributed by atoms with Crippen LogP contribution in [0.3, 0.4) is 0 Å². The third-order valence-corrected chi connectivity index (χ3v) is 4.98. The number of aromatic nitrogens is 2. The van der Waals surface area contributed by atoms with Gasteiger partial charge in [0.1, 0.15) is 5.75 Å². The fourth-order valence-corrected chi connectivity index (χ4v) is 3.43. The Labute approximate surface area is 188 Å². The predicted octanol–water partition coefficient (Wildman–Crippen LogP) is 5.34. The number of nitrogens with one attached hydrogen (secondary N) is 1. The molecular weight excluding hydrogens is 430 g/mol. The third-order valence-electron chi connectivity index (χ3n) is 4.98. The SMILES string of the molecule is O=[N+]([O-])c1ccc(-c2nn(-c3ccccc3)cc2CNCc2ccccc2OC(F)F)cc1. The second kappa shape index (κ2) is 10.0. The van der Waals surface area contributed by atoms with Gasteiger partial charge in [-0.3, -0.25) is 10.1 Å². The summed E-state index contributed by atoms with van der Waals surface area (Å²) < 4.78 is 31.7. The number of nitro groups is 1. The normalized spacial score (nSPS) is 11.0. The number of non-ortho nitro benzene ring substituents is 1. The van der Waals surface area contributed by atoms with Crippen LogP contribution in [-0.4, -0.2) is 21.3 Å². The van der Waals surface area contributed by atoms with E-state index < -0.39 is 11.5 Å². The van der Waals surface area contributed by atoms with Crippen molar-refractivity contribution in [1.29, 1.82) is 0 Å². The van der Waals surface area contributed by atoms with Gasteiger partial charge in [0.15, 0.2) is 0 Å². The molecule has 1 aromatic heterocycles. The Kier molecular flexibility index (Phi) is 6.70. The van der Waals surface area contributed by atoms with Crippen molar-refractivity contribution in [1.82, 2.24) is 15.1 Å². The summed E-state index contributed by atoms with van der Waals surface area (Å²) >= 11 is 0. The van der Waals surface area contributed by atoms with E-state index in [1.165, 1.54) is 18.2 Å². The van der Waals surface area contributed by atoms with Gasteiger partial charge in [-0.2, -0.15) is 13.9 Å². The maximum absolute atomic E-state index is 12.7. The van der Waals surface area contributed by atoms with Gasteiger partial charge >= 0.3 is 6.61 Å². The van der Waals surface area contributed by atoms with Gasteiger partial charge in [-0.25, -0.2) is 4.68 Å². The summed E-state index contributed by atoms with van der Waals surface area (Å²) in [6.45, 7) is -2.20. The zero-order chi connectivity index (χ0) is 23.2. The van der Waals surface area contributed by atoms with Gasteiger partial charge in [0, 0.05) is 48.1 Å². The highest BCUT2D eigenvalue weighted by Gasteiger charge is 2.15. The maximum Gasteiger partial charge on any atom is 0.387 e. The number of nitro benzene ring substituents is 1. The van der Waals surface area contributed by atoms with E-state index in [4.69, 9.17) is 5.10 Å². The van der Waals surface area contributed by atoms with E-state index in [1.54, 1.807) is 35.0 Å². The minimum Gasteiger partial charge on any atom is -0.434 e. The summed E-state index contributed by atoms with van der Waals surface area (Å²) in [5, 5.41) is 18.9. The second-order valence-electron chi connectivity index (χ2n) is 7.18. The molecule has 1 heterocycles. The lowest BCUT2D eigenvalue weighted by molar-refractivity contribution is -0.384. The van der Waals surface area contributed by atoms with E-state index in [0.29, 0.717) is 24.3 Å². The van der Waals surface area contributed by atoms with Crippen LogP contribution < -0.4 is 10.1 Å². The monoisotopic (exact) mass is 450 g/mol. The average molecular weight is 450 g/mol. The number of rotatable bonds is 9. The minimum atomic E-state index is -2.90. The van der Waals surface area contributed by atoms with Gasteiger partial charge in [-0.05, 0) is 30.3 Å². The summed E-state index contributed by atoms with van der Waals surface area (Å²) in [4.78, 5) is 10.5. The van der Waals surface area contributed by atoms with Crippen LogP contribution in [0.2, 0.25) is 0 Å². The molecule has 4 rings (SSSR count). The molecule has 0 fully saturated rings. The molecule has 0 aliphatic carbocycles. The molecule has 0 radical (unpaired) electrons. The molecule has 0 saturated carbocycles. The van der Waals surface area contributed by atoms with E-state index in [0.717, 1.165) is 16.8 Å². The Morgan fingerprint density at radius 2 is 1.61 bits per heavy atom. The molecular formula is C24H20F2N4O3. The number of para-hydroxylation sites is 2. The van der Waals surface area contributed by atoms with E-state index in [1.807, 2.05) is 36.5 Å². The number of nitrogens with zero attached hydrogens (tertiary/aromatic N) is 3. The zero-order valence-corrected chi connectivity index (χ0v) is 17.4. The van der Waals surface area contributed by atoms with Crippen molar-refractivity contribution in [2.75, 3.05) is 0 Å². The molecule has 3 aromatic carbocycles. The molecule has 168 valence electrons. The van der Waals surface area contributed by atoms with E-state index in [2.05, 4.69) is 10.1 Å². The molecule has 9 heteroatoms. The highest BCUT2D eigenvalue weighted by atomic mass is 19.3. The Morgan fingerprint density at radius 3 is 2.30 bits per heavy atom. The van der Waals surface area contributed by atoms with Gasteiger partial charge in [0.25, 0.3) is 5.69 Å². The van der Waals surface area contributed by atoms with Crippen molar-refractivity contribution >= 4 is 5.69 Å². The fourth-order valence-electron chi connectivity index (χ4n) is 3.43. The van der Waals surface area contributed by atoms with E-state index in [-0.39, 0.29) is 11.4 Å². The molecule has 0 amide bonds. The van der Waals surface area contributed by atoms with Crippen LogP contribution in [0.1, 0.15) is 11.1 Å². The van der Waals surface area contributed by atoms with Crippen LogP contribution in [0.15, 0.2) is 85.1 Å². The molecule has 0 bridgehead atoms. The first-order valence-electron chi connectivity index (χ1n) is 10.1. The van der Waals surface area contributed by atoms with Crippen LogP contribution >= 0.6 is 0 Å². The summed E-state index contributed by atoms with van der Waals surface area (Å²) in [5.74, 6) is 0.121. The molecule has 0 aliphatic rings. The molecule has 7 nitrogen and oxygen atoms in total. The zero-order valence-electron chi connectivity index (χ0n) is 17.4. The van der Waals surface area contributed by atoms with E-state index in [9.17, 15) is 18.9 Å². The molecule has 1 N–H and O–H groups in total. The van der Waals surface area contributed by atoms with Crippen molar-refractivity contribution in [3.63, 3.8) is 0 Å². The summed E-state index contributed by atoms with van der Waals surface area (Å²) in [6.07, 6.45) is 1.88. The second-order valence-corrected chi connectivity index (χ2v) is 7.18. The number of halogens is 2. The van der Waals surface area contributed by atoms with Crippen LogP contribution in [-0.2, 0) is 13.1 Å². The smallest absolute Gasteiger partial charge is 0.387 e. The summed E-state index contributed by atoms with van der Waals surface area (Å²) in [7, 11) is 0. The number of benzene rings is 3. The fraction of sp³-hybridized carbons (Fsp3) is 0.125. The molecule has 33 heavy (non-hydrogen) atoms. The van der Waals surface area contributed by atoms with Crippen LogP contribution in [0.5, 0.6) is 5.75 Å². The quantitative estimate of drug-likeness (QED) is 0.275. The number of alkyl halides is 2. The highest BCUT2D eigenvalue weighted by molar-refractivity contribution is 5.64. The molecule has 0 atom stereocenters. The predicted molar refractivity (Wildman–Crippen MR) is 119 cm³/mol. The lowest BCUT2D eigenvalue weighted by atomic mass is 10.1. The minimum absolute atomic E-state index is 0.00319. The lowest BCUT2D eigenvalue weighted by Gasteiger charge is -2.11. The number of ether oxygens (including phenoxy) is 1. The first-order chi connectivity index (χ1) is 16.0. The van der Waals surface area contributed by atoms with Crippen LogP contribution in [0.4, 0.5) is 14.5 Å². The molecule has 0 saturated heterocycles. The molecule has 4 aromatic rings. The topological polar surface area (TPSA) is 82.2 Å². The van der Waals surface area contributed by atoms with Crippen molar-refractivity contribution in [3.05, 3.63) is 106 Å². The molecule has 0 unspecified atom stereocenters.